The van der Waals surface area contributed by atoms with Crippen LogP contribution in [0.3, 0.4) is 0 Å². The van der Waals surface area contributed by atoms with E-state index in [-0.39, 0.29) is 0 Å². The average Bonchev–Trinajstić information content (AvgIpc) is 3.10. The zero-order valence-corrected chi connectivity index (χ0v) is 16.8. The van der Waals surface area contributed by atoms with Crippen LogP contribution in [0.25, 0.3) is 17.8 Å². The Hall–Kier alpha value is -2.76. The molecule has 0 radical (unpaired) electrons. The Labute approximate surface area is 170 Å². The van der Waals surface area contributed by atoms with Crippen LogP contribution in [0, 0.1) is 0 Å². The molecule has 0 aliphatic carbocycles. The SMILES string of the molecule is Brc1cccc(/C=C/c2sc(Nc3ccccc3)n[n+]2-c2ccccc2)c1. The van der Waals surface area contributed by atoms with Gasteiger partial charge in [0.25, 0.3) is 10.1 Å². The summed E-state index contributed by atoms with van der Waals surface area (Å²) >= 11 is 5.14. The topological polar surface area (TPSA) is 28.8 Å². The van der Waals surface area contributed by atoms with Crippen molar-refractivity contribution in [2.24, 2.45) is 0 Å². The minimum Gasteiger partial charge on any atom is -0.327 e. The van der Waals surface area contributed by atoms with Gasteiger partial charge in [0.1, 0.15) is 0 Å². The molecule has 0 fully saturated rings. The molecule has 4 aromatic rings. The van der Waals surface area contributed by atoms with Crippen LogP contribution in [-0.2, 0) is 0 Å². The number of benzene rings is 3. The Morgan fingerprint density at radius 3 is 2.33 bits per heavy atom. The predicted octanol–water partition coefficient (Wildman–Crippen LogP) is 6.10. The van der Waals surface area contributed by atoms with E-state index in [2.05, 4.69) is 57.7 Å². The van der Waals surface area contributed by atoms with Crippen LogP contribution in [0.4, 0.5) is 10.8 Å². The predicted molar refractivity (Wildman–Crippen MR) is 116 cm³/mol. The summed E-state index contributed by atoms with van der Waals surface area (Å²) in [5.74, 6) is 0. The van der Waals surface area contributed by atoms with Crippen molar-refractivity contribution in [3.63, 3.8) is 0 Å². The number of para-hydroxylation sites is 2. The summed E-state index contributed by atoms with van der Waals surface area (Å²) in [6, 6.07) is 28.5. The second-order valence-electron chi connectivity index (χ2n) is 5.87. The fourth-order valence-corrected chi connectivity index (χ4v) is 3.91. The number of nitrogens with one attached hydrogen (secondary N) is 1. The minimum absolute atomic E-state index is 0.846. The first-order valence-corrected chi connectivity index (χ1v) is 10.1. The van der Waals surface area contributed by atoms with Crippen molar-refractivity contribution >= 4 is 50.2 Å². The fourth-order valence-electron chi connectivity index (χ4n) is 2.63. The third-order valence-electron chi connectivity index (χ3n) is 3.89. The van der Waals surface area contributed by atoms with Gasteiger partial charge in [-0.15, -0.1) is 0 Å². The van der Waals surface area contributed by atoms with E-state index in [1.54, 1.807) is 11.3 Å². The Bertz CT molecular complexity index is 1060. The van der Waals surface area contributed by atoms with Crippen molar-refractivity contribution in [3.05, 3.63) is 100.0 Å². The molecular formula is C22H17BrN3S+. The Morgan fingerprint density at radius 1 is 0.852 bits per heavy atom. The molecule has 132 valence electrons. The van der Waals surface area contributed by atoms with Crippen molar-refractivity contribution in [2.75, 3.05) is 5.32 Å². The molecule has 4 rings (SSSR count). The van der Waals surface area contributed by atoms with Gasteiger partial charge in [-0.25, -0.2) is 0 Å². The summed E-state index contributed by atoms with van der Waals surface area (Å²) in [7, 11) is 0. The molecule has 0 atom stereocenters. The van der Waals surface area contributed by atoms with Gasteiger partial charge in [0.2, 0.25) is 5.69 Å². The highest BCUT2D eigenvalue weighted by Crippen LogP contribution is 2.23. The van der Waals surface area contributed by atoms with Crippen LogP contribution in [0.1, 0.15) is 10.6 Å². The lowest BCUT2D eigenvalue weighted by Gasteiger charge is -1.97. The highest BCUT2D eigenvalue weighted by atomic mass is 79.9. The molecule has 0 amide bonds. The molecule has 1 N–H and O–H groups in total. The first-order chi connectivity index (χ1) is 13.3. The third kappa shape index (κ3) is 4.51. The van der Waals surface area contributed by atoms with Crippen molar-refractivity contribution in [1.82, 2.24) is 5.10 Å². The molecule has 0 spiro atoms. The van der Waals surface area contributed by atoms with Gasteiger partial charge in [0.05, 0.1) is 0 Å². The monoisotopic (exact) mass is 434 g/mol. The maximum absolute atomic E-state index is 4.77. The lowest BCUT2D eigenvalue weighted by Crippen LogP contribution is -2.35. The van der Waals surface area contributed by atoms with E-state index in [1.807, 2.05) is 65.3 Å². The van der Waals surface area contributed by atoms with E-state index in [0.29, 0.717) is 0 Å². The summed E-state index contributed by atoms with van der Waals surface area (Å²) in [5.41, 5.74) is 3.19. The van der Waals surface area contributed by atoms with E-state index in [0.717, 1.165) is 31.6 Å². The highest BCUT2D eigenvalue weighted by Gasteiger charge is 2.20. The zero-order chi connectivity index (χ0) is 18.5. The van der Waals surface area contributed by atoms with E-state index in [9.17, 15) is 0 Å². The molecule has 0 saturated heterocycles. The molecule has 3 nitrogen and oxygen atoms in total. The molecule has 0 unspecified atom stereocenters. The van der Waals surface area contributed by atoms with Gasteiger partial charge in [-0.1, -0.05) is 64.5 Å². The summed E-state index contributed by atoms with van der Waals surface area (Å²) in [5, 5.41) is 10.0. The fraction of sp³-hybridized carbons (Fsp3) is 0. The number of hydrogen-bond acceptors (Lipinski definition) is 3. The molecule has 1 aromatic heterocycles. The molecule has 0 aliphatic heterocycles. The second-order valence-corrected chi connectivity index (χ2v) is 7.80. The van der Waals surface area contributed by atoms with Gasteiger partial charge in [0, 0.05) is 33.5 Å². The Balaban J connectivity index is 1.70. The molecule has 0 saturated carbocycles. The molecule has 0 bridgehead atoms. The molecule has 0 aliphatic rings. The van der Waals surface area contributed by atoms with Crippen molar-refractivity contribution in [1.29, 1.82) is 0 Å². The number of rotatable bonds is 5. The maximum Gasteiger partial charge on any atom is 0.297 e. The van der Waals surface area contributed by atoms with Crippen LogP contribution in [-0.4, -0.2) is 5.10 Å². The largest absolute Gasteiger partial charge is 0.327 e. The van der Waals surface area contributed by atoms with E-state index in [1.165, 1.54) is 0 Å². The van der Waals surface area contributed by atoms with Gasteiger partial charge < -0.3 is 5.32 Å². The van der Waals surface area contributed by atoms with Gasteiger partial charge in [-0.3, -0.25) is 0 Å². The Morgan fingerprint density at radius 2 is 1.59 bits per heavy atom. The van der Waals surface area contributed by atoms with Crippen LogP contribution >= 0.6 is 27.3 Å². The molecule has 27 heavy (non-hydrogen) atoms. The summed E-state index contributed by atoms with van der Waals surface area (Å²) < 4.78 is 3.03. The van der Waals surface area contributed by atoms with Crippen LogP contribution < -0.4 is 10.00 Å². The molecule has 3 aromatic carbocycles. The second kappa shape index (κ2) is 8.29. The Kier molecular flexibility index (Phi) is 5.42. The van der Waals surface area contributed by atoms with Crippen molar-refractivity contribution in [2.45, 2.75) is 0 Å². The smallest absolute Gasteiger partial charge is 0.297 e. The normalized spacial score (nSPS) is 11.0. The first-order valence-electron chi connectivity index (χ1n) is 8.52. The maximum atomic E-state index is 4.77. The summed E-state index contributed by atoms with van der Waals surface area (Å²) in [6.07, 6.45) is 4.20. The summed E-state index contributed by atoms with van der Waals surface area (Å²) in [6.45, 7) is 0. The first kappa shape index (κ1) is 17.6. The minimum atomic E-state index is 0.846. The summed E-state index contributed by atoms with van der Waals surface area (Å²) in [4.78, 5) is 0. The molecular weight excluding hydrogens is 418 g/mol. The van der Waals surface area contributed by atoms with E-state index in [4.69, 9.17) is 5.10 Å². The highest BCUT2D eigenvalue weighted by molar-refractivity contribution is 9.10. The third-order valence-corrected chi connectivity index (χ3v) is 5.28. The van der Waals surface area contributed by atoms with Crippen molar-refractivity contribution < 1.29 is 4.68 Å². The van der Waals surface area contributed by atoms with E-state index < -0.39 is 0 Å². The quantitative estimate of drug-likeness (QED) is 0.384. The van der Waals surface area contributed by atoms with Crippen LogP contribution in [0.5, 0.6) is 0 Å². The van der Waals surface area contributed by atoms with Crippen molar-refractivity contribution in [3.8, 4) is 5.69 Å². The van der Waals surface area contributed by atoms with Gasteiger partial charge >= 0.3 is 0 Å². The lowest BCUT2D eigenvalue weighted by molar-refractivity contribution is -0.654. The van der Waals surface area contributed by atoms with Gasteiger partial charge in [0.15, 0.2) is 0 Å². The average molecular weight is 435 g/mol. The number of hydrogen-bond donors (Lipinski definition) is 1. The standard InChI is InChI=1S/C22H17BrN3S/c23-18-9-7-8-17(16-18)14-15-21-26(20-12-5-2-6-13-20)25-22(27-21)24-19-10-3-1-4-11-19/h1-16H,(H,24,25)/q+1/b15-14+. The van der Waals surface area contributed by atoms with Gasteiger partial charge in [-0.2, -0.15) is 0 Å². The van der Waals surface area contributed by atoms with Gasteiger partial charge in [-0.05, 0) is 51.9 Å². The molecule has 1 heterocycles. The lowest BCUT2D eigenvalue weighted by atomic mass is 10.2. The number of nitrogens with zero attached hydrogens (tertiary/aromatic N) is 2. The number of aromatic nitrogens is 2. The zero-order valence-electron chi connectivity index (χ0n) is 14.4. The van der Waals surface area contributed by atoms with E-state index >= 15 is 0 Å². The number of halogens is 1. The van der Waals surface area contributed by atoms with Crippen LogP contribution in [0.2, 0.25) is 0 Å². The molecule has 5 heteroatoms. The number of anilines is 2. The van der Waals surface area contributed by atoms with Crippen LogP contribution in [0.15, 0.2) is 89.4 Å².